The summed E-state index contributed by atoms with van der Waals surface area (Å²) in [4.78, 5) is 12.7. The number of rotatable bonds is 3. The van der Waals surface area contributed by atoms with Crippen molar-refractivity contribution in [3.05, 3.63) is 64.0 Å². The Kier molecular flexibility index (Phi) is 4.32. The molecule has 1 heterocycles. The maximum absolute atomic E-state index is 12.3. The molecule has 0 saturated carbocycles. The van der Waals surface area contributed by atoms with Gasteiger partial charge in [0.05, 0.1) is 10.7 Å². The highest BCUT2D eigenvalue weighted by atomic mass is 35.5. The number of phenols is 1. The average molecular weight is 345 g/mol. The van der Waals surface area contributed by atoms with Crippen LogP contribution >= 0.6 is 22.9 Å². The Balaban J connectivity index is 1.83. The van der Waals surface area contributed by atoms with Crippen molar-refractivity contribution < 1.29 is 9.90 Å². The van der Waals surface area contributed by atoms with Crippen molar-refractivity contribution in [3.8, 4) is 5.75 Å². The van der Waals surface area contributed by atoms with Crippen molar-refractivity contribution >= 4 is 44.6 Å². The monoisotopic (exact) mass is 344 g/mol. The highest BCUT2D eigenvalue weighted by Crippen LogP contribution is 2.34. The first-order valence-electron chi connectivity index (χ1n) is 6.87. The van der Waals surface area contributed by atoms with Gasteiger partial charge in [-0.1, -0.05) is 41.9 Å². The molecule has 0 radical (unpaired) electrons. The van der Waals surface area contributed by atoms with Crippen molar-refractivity contribution in [1.29, 1.82) is 0 Å². The third-order valence-electron chi connectivity index (χ3n) is 3.33. The smallest absolute Gasteiger partial charge is 0.283 e. The number of hydrazone groups is 1. The van der Waals surface area contributed by atoms with Crippen molar-refractivity contribution in [2.75, 3.05) is 0 Å². The largest absolute Gasteiger partial charge is 0.508 e. The second kappa shape index (κ2) is 6.40. The van der Waals surface area contributed by atoms with Crippen LogP contribution in [0.4, 0.5) is 0 Å². The van der Waals surface area contributed by atoms with E-state index in [4.69, 9.17) is 11.6 Å². The molecular weight excluding hydrogens is 332 g/mol. The predicted molar refractivity (Wildman–Crippen MR) is 94.6 cm³/mol. The lowest BCUT2D eigenvalue weighted by Gasteiger charge is -2.03. The molecule has 0 saturated heterocycles. The van der Waals surface area contributed by atoms with Gasteiger partial charge in [-0.15, -0.1) is 11.3 Å². The molecule has 0 atom stereocenters. The number of carbonyl (C=O) groups excluding carboxylic acids is 1. The number of nitrogens with zero attached hydrogens (tertiary/aromatic N) is 1. The zero-order valence-corrected chi connectivity index (χ0v) is 13.8. The highest BCUT2D eigenvalue weighted by molar-refractivity contribution is 7.21. The first-order valence-corrected chi connectivity index (χ1v) is 8.07. The molecule has 23 heavy (non-hydrogen) atoms. The first kappa shape index (κ1) is 15.5. The third-order valence-corrected chi connectivity index (χ3v) is 5.00. The number of carbonyl (C=O) groups is 1. The second-order valence-electron chi connectivity index (χ2n) is 4.93. The van der Waals surface area contributed by atoms with Gasteiger partial charge in [-0.05, 0) is 25.1 Å². The number of phenolic OH excluding ortho intramolecular Hbond substituents is 1. The van der Waals surface area contributed by atoms with Gasteiger partial charge in [-0.25, -0.2) is 5.43 Å². The number of hydrogen-bond acceptors (Lipinski definition) is 4. The van der Waals surface area contributed by atoms with Gasteiger partial charge in [-0.3, -0.25) is 4.79 Å². The Bertz CT molecular complexity index is 918. The molecule has 1 amide bonds. The van der Waals surface area contributed by atoms with Gasteiger partial charge in [0, 0.05) is 15.6 Å². The third kappa shape index (κ3) is 3.21. The molecule has 0 bridgehead atoms. The van der Waals surface area contributed by atoms with E-state index in [9.17, 15) is 9.90 Å². The molecule has 0 aliphatic carbocycles. The van der Waals surface area contributed by atoms with Gasteiger partial charge in [-0.2, -0.15) is 5.10 Å². The SMILES string of the molecule is C/C(=N\NC(=O)c1sc2ccccc2c1Cl)c1cccc(O)c1. The van der Waals surface area contributed by atoms with E-state index in [1.165, 1.54) is 11.3 Å². The zero-order chi connectivity index (χ0) is 16.4. The van der Waals surface area contributed by atoms with Crippen LogP contribution < -0.4 is 5.43 Å². The maximum atomic E-state index is 12.3. The van der Waals surface area contributed by atoms with Crippen LogP contribution in [0.3, 0.4) is 0 Å². The fourth-order valence-corrected chi connectivity index (χ4v) is 3.55. The fourth-order valence-electron chi connectivity index (χ4n) is 2.14. The standard InChI is InChI=1S/C17H13ClN2O2S/c1-10(11-5-4-6-12(21)9-11)19-20-17(22)16-15(18)13-7-2-3-8-14(13)23-16/h2-9,21H,1H3,(H,20,22)/b19-10+. The minimum absolute atomic E-state index is 0.149. The van der Waals surface area contributed by atoms with E-state index in [1.54, 1.807) is 31.2 Å². The van der Waals surface area contributed by atoms with Crippen LogP contribution in [-0.4, -0.2) is 16.7 Å². The summed E-state index contributed by atoms with van der Waals surface area (Å²) in [5.74, 6) is -0.202. The van der Waals surface area contributed by atoms with Gasteiger partial charge in [0.1, 0.15) is 10.6 Å². The van der Waals surface area contributed by atoms with Crippen LogP contribution in [0.1, 0.15) is 22.2 Å². The molecule has 3 rings (SSSR count). The van der Waals surface area contributed by atoms with Crippen molar-refractivity contribution in [3.63, 3.8) is 0 Å². The predicted octanol–water partition coefficient (Wildman–Crippen LogP) is 4.41. The van der Waals surface area contributed by atoms with Gasteiger partial charge in [0.15, 0.2) is 0 Å². The molecule has 2 N–H and O–H groups in total. The van der Waals surface area contributed by atoms with E-state index in [0.717, 1.165) is 15.6 Å². The first-order chi connectivity index (χ1) is 11.1. The molecule has 0 spiro atoms. The molecule has 0 aliphatic rings. The number of benzene rings is 2. The Hall–Kier alpha value is -2.37. The van der Waals surface area contributed by atoms with Crippen molar-refractivity contribution in [2.24, 2.45) is 5.10 Å². The number of aromatic hydroxyl groups is 1. The fraction of sp³-hybridized carbons (Fsp3) is 0.0588. The Morgan fingerprint density at radius 2 is 2.00 bits per heavy atom. The van der Waals surface area contributed by atoms with Crippen LogP contribution in [0.5, 0.6) is 5.75 Å². The van der Waals surface area contributed by atoms with Crippen LogP contribution in [0.15, 0.2) is 53.6 Å². The molecule has 116 valence electrons. The van der Waals surface area contributed by atoms with Crippen molar-refractivity contribution in [2.45, 2.75) is 6.92 Å². The van der Waals surface area contributed by atoms with E-state index in [0.29, 0.717) is 15.6 Å². The maximum Gasteiger partial charge on any atom is 0.283 e. The molecule has 2 aromatic carbocycles. The summed E-state index contributed by atoms with van der Waals surface area (Å²) < 4.78 is 0.955. The topological polar surface area (TPSA) is 61.7 Å². The molecule has 1 aromatic heterocycles. The minimum Gasteiger partial charge on any atom is -0.508 e. The molecule has 4 nitrogen and oxygen atoms in total. The van der Waals surface area contributed by atoms with Crippen LogP contribution in [0.2, 0.25) is 5.02 Å². The second-order valence-corrected chi connectivity index (χ2v) is 6.36. The van der Waals surface area contributed by atoms with Crippen molar-refractivity contribution in [1.82, 2.24) is 5.43 Å². The average Bonchev–Trinajstić information content (AvgIpc) is 2.90. The van der Waals surface area contributed by atoms with E-state index < -0.39 is 0 Å². The summed E-state index contributed by atoms with van der Waals surface area (Å²) in [7, 11) is 0. The number of fused-ring (bicyclic) bond motifs is 1. The molecular formula is C17H13ClN2O2S. The summed E-state index contributed by atoms with van der Waals surface area (Å²) in [5.41, 5.74) is 3.83. The molecule has 0 unspecified atom stereocenters. The number of halogens is 1. The molecule has 0 aliphatic heterocycles. The van der Waals surface area contributed by atoms with Gasteiger partial charge < -0.3 is 5.11 Å². The Morgan fingerprint density at radius 1 is 1.22 bits per heavy atom. The summed E-state index contributed by atoms with van der Waals surface area (Å²) in [5, 5.41) is 14.9. The Labute approximate surface area is 142 Å². The summed E-state index contributed by atoms with van der Waals surface area (Å²) in [6.45, 7) is 1.75. The number of nitrogens with one attached hydrogen (secondary N) is 1. The summed E-state index contributed by atoms with van der Waals surface area (Å²) in [6, 6.07) is 14.3. The van der Waals surface area contributed by atoms with Crippen LogP contribution in [0.25, 0.3) is 10.1 Å². The summed E-state index contributed by atoms with van der Waals surface area (Å²) in [6.07, 6.45) is 0. The molecule has 3 aromatic rings. The number of hydrogen-bond donors (Lipinski definition) is 2. The van der Waals surface area contributed by atoms with Gasteiger partial charge >= 0.3 is 0 Å². The number of thiophene rings is 1. The van der Waals surface area contributed by atoms with E-state index in [-0.39, 0.29) is 11.7 Å². The van der Waals surface area contributed by atoms with E-state index >= 15 is 0 Å². The molecule has 6 heteroatoms. The van der Waals surface area contributed by atoms with Crippen LogP contribution in [-0.2, 0) is 0 Å². The quantitative estimate of drug-likeness (QED) is 0.546. The van der Waals surface area contributed by atoms with Gasteiger partial charge in [0.2, 0.25) is 0 Å². The molecule has 0 fully saturated rings. The highest BCUT2D eigenvalue weighted by Gasteiger charge is 2.16. The lowest BCUT2D eigenvalue weighted by atomic mass is 10.1. The van der Waals surface area contributed by atoms with E-state index in [1.807, 2.05) is 24.3 Å². The minimum atomic E-state index is -0.351. The lowest BCUT2D eigenvalue weighted by Crippen LogP contribution is -2.18. The van der Waals surface area contributed by atoms with Crippen LogP contribution in [0, 0.1) is 0 Å². The Morgan fingerprint density at radius 3 is 2.74 bits per heavy atom. The normalized spacial score (nSPS) is 11.7. The summed E-state index contributed by atoms with van der Waals surface area (Å²) >= 11 is 7.60. The van der Waals surface area contributed by atoms with Gasteiger partial charge in [0.25, 0.3) is 5.91 Å². The zero-order valence-electron chi connectivity index (χ0n) is 12.2. The lowest BCUT2D eigenvalue weighted by molar-refractivity contribution is 0.0959. The number of amides is 1. The van der Waals surface area contributed by atoms with E-state index in [2.05, 4.69) is 10.5 Å².